The summed E-state index contributed by atoms with van der Waals surface area (Å²) in [5.74, 6) is -1.35. The van der Waals surface area contributed by atoms with E-state index in [1.54, 1.807) is 6.92 Å². The van der Waals surface area contributed by atoms with Crippen LogP contribution in [0.2, 0.25) is 0 Å². The molecule has 1 aromatic carbocycles. The van der Waals surface area contributed by atoms with Gasteiger partial charge in [-0.05, 0) is 19.1 Å². The maximum atomic E-state index is 12.3. The standard InChI is InChI=1S/C15H17NO8/c1-15(14(18)22-3)8-23-13(21-2)11(15)24-12(17)9-4-6-10(7-5-9)16(19)20/h4-7,11,13H,8H2,1-3H3/t11-,13+,15+/m0/s1. The van der Waals surface area contributed by atoms with E-state index in [9.17, 15) is 19.7 Å². The average molecular weight is 339 g/mol. The fourth-order valence-electron chi connectivity index (χ4n) is 2.41. The molecule has 24 heavy (non-hydrogen) atoms. The molecule has 3 atom stereocenters. The molecule has 0 unspecified atom stereocenters. The van der Waals surface area contributed by atoms with Crippen LogP contribution in [0.5, 0.6) is 0 Å². The molecule has 2 rings (SSSR count). The molecule has 1 aliphatic heterocycles. The minimum atomic E-state index is -1.22. The van der Waals surface area contributed by atoms with E-state index in [1.165, 1.54) is 38.5 Å². The predicted molar refractivity (Wildman–Crippen MR) is 79.2 cm³/mol. The summed E-state index contributed by atoms with van der Waals surface area (Å²) in [7, 11) is 2.59. The third-order valence-corrected chi connectivity index (χ3v) is 3.85. The first-order valence-corrected chi connectivity index (χ1v) is 7.01. The van der Waals surface area contributed by atoms with Gasteiger partial charge in [0.05, 0.1) is 24.2 Å². The van der Waals surface area contributed by atoms with Crippen molar-refractivity contribution in [1.29, 1.82) is 0 Å². The van der Waals surface area contributed by atoms with Crippen LogP contribution < -0.4 is 0 Å². The molecule has 1 aliphatic rings. The summed E-state index contributed by atoms with van der Waals surface area (Å²) < 4.78 is 20.6. The Morgan fingerprint density at radius 3 is 2.42 bits per heavy atom. The normalized spacial score (nSPS) is 26.0. The molecule has 0 aliphatic carbocycles. The fraction of sp³-hybridized carbons (Fsp3) is 0.467. The molecule has 1 heterocycles. The first kappa shape index (κ1) is 17.8. The Hall–Kier alpha value is -2.52. The van der Waals surface area contributed by atoms with Crippen LogP contribution in [0.3, 0.4) is 0 Å². The lowest BCUT2D eigenvalue weighted by Crippen LogP contribution is -2.45. The number of nitro groups is 1. The zero-order valence-corrected chi connectivity index (χ0v) is 13.4. The van der Waals surface area contributed by atoms with Gasteiger partial charge < -0.3 is 18.9 Å². The van der Waals surface area contributed by atoms with Crippen molar-refractivity contribution in [2.24, 2.45) is 5.41 Å². The molecule has 0 spiro atoms. The molecule has 0 saturated carbocycles. The van der Waals surface area contributed by atoms with Gasteiger partial charge >= 0.3 is 11.9 Å². The second kappa shape index (κ2) is 6.93. The minimum Gasteiger partial charge on any atom is -0.468 e. The molecule has 1 saturated heterocycles. The van der Waals surface area contributed by atoms with Gasteiger partial charge in [-0.15, -0.1) is 0 Å². The number of rotatable bonds is 5. The highest BCUT2D eigenvalue weighted by Crippen LogP contribution is 2.37. The lowest BCUT2D eigenvalue weighted by Gasteiger charge is -2.28. The molecule has 9 heteroatoms. The van der Waals surface area contributed by atoms with E-state index in [2.05, 4.69) is 0 Å². The van der Waals surface area contributed by atoms with E-state index >= 15 is 0 Å². The Morgan fingerprint density at radius 2 is 1.92 bits per heavy atom. The Bertz CT molecular complexity index is 643. The van der Waals surface area contributed by atoms with Crippen molar-refractivity contribution in [2.75, 3.05) is 20.8 Å². The number of carbonyl (C=O) groups excluding carboxylic acids is 2. The highest BCUT2D eigenvalue weighted by atomic mass is 16.7. The zero-order chi connectivity index (χ0) is 17.9. The number of nitro benzene ring substituents is 1. The quantitative estimate of drug-likeness (QED) is 0.448. The zero-order valence-electron chi connectivity index (χ0n) is 13.4. The molecular formula is C15H17NO8. The van der Waals surface area contributed by atoms with E-state index in [0.717, 1.165) is 0 Å². The number of ether oxygens (including phenoxy) is 4. The molecule has 9 nitrogen and oxygen atoms in total. The smallest absolute Gasteiger partial charge is 0.338 e. The summed E-state index contributed by atoms with van der Waals surface area (Å²) in [6.07, 6.45) is -1.94. The number of carbonyl (C=O) groups is 2. The fourth-order valence-corrected chi connectivity index (χ4v) is 2.41. The molecule has 0 amide bonds. The minimum absolute atomic E-state index is 0.0314. The Kier molecular flexibility index (Phi) is 5.15. The van der Waals surface area contributed by atoms with Crippen LogP contribution in [-0.4, -0.2) is 50.1 Å². The lowest BCUT2D eigenvalue weighted by molar-refractivity contribution is -0.384. The number of nitrogens with zero attached hydrogens (tertiary/aromatic N) is 1. The van der Waals surface area contributed by atoms with Gasteiger partial charge in [0.2, 0.25) is 0 Å². The maximum Gasteiger partial charge on any atom is 0.338 e. The molecule has 0 bridgehead atoms. The third kappa shape index (κ3) is 3.22. The van der Waals surface area contributed by atoms with E-state index < -0.39 is 34.7 Å². The SMILES string of the molecule is COC(=O)[C@]1(C)CO[C@@H](OC)[C@@H]1OC(=O)c1ccc([N+](=O)[O-])cc1. The van der Waals surface area contributed by atoms with Gasteiger partial charge in [0.15, 0.2) is 12.4 Å². The summed E-state index contributed by atoms with van der Waals surface area (Å²) in [5, 5.41) is 10.6. The van der Waals surface area contributed by atoms with Gasteiger partial charge in [0, 0.05) is 19.2 Å². The van der Waals surface area contributed by atoms with Crippen LogP contribution >= 0.6 is 0 Å². The molecule has 130 valence electrons. The molecule has 0 N–H and O–H groups in total. The van der Waals surface area contributed by atoms with Crippen molar-refractivity contribution < 1.29 is 33.5 Å². The van der Waals surface area contributed by atoms with Crippen LogP contribution in [-0.2, 0) is 23.7 Å². The van der Waals surface area contributed by atoms with Crippen molar-refractivity contribution in [3.8, 4) is 0 Å². The highest BCUT2D eigenvalue weighted by molar-refractivity contribution is 5.90. The van der Waals surface area contributed by atoms with Crippen molar-refractivity contribution in [2.45, 2.75) is 19.3 Å². The van der Waals surface area contributed by atoms with E-state index in [0.29, 0.717) is 0 Å². The lowest BCUT2D eigenvalue weighted by atomic mass is 9.86. The Morgan fingerprint density at radius 1 is 1.29 bits per heavy atom. The summed E-state index contributed by atoms with van der Waals surface area (Å²) in [5.41, 5.74) is -1.26. The molecule has 0 aromatic heterocycles. The second-order valence-corrected chi connectivity index (χ2v) is 5.45. The number of benzene rings is 1. The first-order chi connectivity index (χ1) is 11.3. The topological polar surface area (TPSA) is 114 Å². The van der Waals surface area contributed by atoms with Crippen LogP contribution in [0.1, 0.15) is 17.3 Å². The number of hydrogen-bond donors (Lipinski definition) is 0. The van der Waals surface area contributed by atoms with E-state index in [1.807, 2.05) is 0 Å². The summed E-state index contributed by atoms with van der Waals surface area (Å²) in [6.45, 7) is 1.52. The van der Waals surface area contributed by atoms with Gasteiger partial charge in [-0.25, -0.2) is 4.79 Å². The second-order valence-electron chi connectivity index (χ2n) is 5.45. The van der Waals surface area contributed by atoms with E-state index in [-0.39, 0.29) is 17.9 Å². The first-order valence-electron chi connectivity index (χ1n) is 7.01. The van der Waals surface area contributed by atoms with Gasteiger partial charge in [0.25, 0.3) is 5.69 Å². The van der Waals surface area contributed by atoms with Crippen LogP contribution in [0.15, 0.2) is 24.3 Å². The van der Waals surface area contributed by atoms with Crippen molar-refractivity contribution >= 4 is 17.6 Å². The van der Waals surface area contributed by atoms with Crippen LogP contribution in [0.25, 0.3) is 0 Å². The van der Waals surface area contributed by atoms with E-state index in [4.69, 9.17) is 18.9 Å². The molecular weight excluding hydrogens is 322 g/mol. The van der Waals surface area contributed by atoms with Crippen LogP contribution in [0.4, 0.5) is 5.69 Å². The van der Waals surface area contributed by atoms with Crippen molar-refractivity contribution in [3.63, 3.8) is 0 Å². The molecule has 0 radical (unpaired) electrons. The van der Waals surface area contributed by atoms with Gasteiger partial charge in [-0.3, -0.25) is 14.9 Å². The monoisotopic (exact) mass is 339 g/mol. The summed E-state index contributed by atoms with van der Waals surface area (Å²) >= 11 is 0. The predicted octanol–water partition coefficient (Wildman–Crippen LogP) is 1.30. The Balaban J connectivity index is 2.20. The Labute approximate surface area is 137 Å². The number of non-ortho nitro benzene ring substituents is 1. The van der Waals surface area contributed by atoms with Gasteiger partial charge in [0.1, 0.15) is 5.41 Å². The average Bonchev–Trinajstić information content (AvgIpc) is 2.91. The van der Waals surface area contributed by atoms with Gasteiger partial charge in [-0.2, -0.15) is 0 Å². The highest BCUT2D eigenvalue weighted by Gasteiger charge is 2.55. The number of esters is 2. The number of hydrogen-bond acceptors (Lipinski definition) is 8. The third-order valence-electron chi connectivity index (χ3n) is 3.85. The van der Waals surface area contributed by atoms with Crippen LogP contribution in [0, 0.1) is 15.5 Å². The van der Waals surface area contributed by atoms with Crippen molar-refractivity contribution in [1.82, 2.24) is 0 Å². The molecule has 1 fully saturated rings. The summed E-state index contributed by atoms with van der Waals surface area (Å²) in [4.78, 5) is 34.4. The maximum absolute atomic E-state index is 12.3. The van der Waals surface area contributed by atoms with Gasteiger partial charge in [-0.1, -0.05) is 0 Å². The molecule has 1 aromatic rings. The largest absolute Gasteiger partial charge is 0.468 e. The summed E-state index contributed by atoms with van der Waals surface area (Å²) in [6, 6.07) is 4.92. The van der Waals surface area contributed by atoms with Crippen molar-refractivity contribution in [3.05, 3.63) is 39.9 Å². The number of methoxy groups -OCH3 is 2.